The predicted molar refractivity (Wildman–Crippen MR) is 78.4 cm³/mol. The lowest BCUT2D eigenvalue weighted by atomic mass is 10.2. The van der Waals surface area contributed by atoms with Gasteiger partial charge in [0, 0.05) is 22.2 Å². The molecule has 0 aliphatic heterocycles. The summed E-state index contributed by atoms with van der Waals surface area (Å²) in [6.07, 6.45) is 2.28. The SMILES string of the molecule is O=C(O)C=Cc1cc(Cl)cc(Cl)c1OCC(Cl)=CCl. The first-order valence-corrected chi connectivity index (χ1v) is 6.48. The summed E-state index contributed by atoms with van der Waals surface area (Å²) in [5.74, 6) is -0.819. The van der Waals surface area contributed by atoms with Gasteiger partial charge in [-0.1, -0.05) is 46.4 Å². The van der Waals surface area contributed by atoms with Crippen molar-refractivity contribution in [2.45, 2.75) is 0 Å². The van der Waals surface area contributed by atoms with Gasteiger partial charge in [-0.15, -0.1) is 0 Å². The number of hydrogen-bond donors (Lipinski definition) is 1. The summed E-state index contributed by atoms with van der Waals surface area (Å²) < 4.78 is 5.39. The molecular weight excluding hydrogens is 334 g/mol. The minimum absolute atomic E-state index is 0.0142. The Bertz CT molecular complexity index is 538. The lowest BCUT2D eigenvalue weighted by Gasteiger charge is -2.11. The molecule has 0 aromatic heterocycles. The smallest absolute Gasteiger partial charge is 0.328 e. The number of carboxylic acid groups (broad SMARTS) is 1. The first-order chi connectivity index (χ1) is 8.93. The van der Waals surface area contributed by atoms with E-state index in [1.165, 1.54) is 18.2 Å². The zero-order valence-corrected chi connectivity index (χ0v) is 12.4. The predicted octanol–water partition coefficient (Wildman–Crippen LogP) is 4.79. The molecule has 0 spiro atoms. The summed E-state index contributed by atoms with van der Waals surface area (Å²) in [6, 6.07) is 3.01. The lowest BCUT2D eigenvalue weighted by molar-refractivity contribution is -0.131. The first kappa shape index (κ1) is 16.2. The van der Waals surface area contributed by atoms with Crippen LogP contribution in [-0.2, 0) is 4.79 Å². The molecule has 0 bridgehead atoms. The second kappa shape index (κ2) is 7.65. The summed E-state index contributed by atoms with van der Waals surface area (Å²) in [4.78, 5) is 10.5. The van der Waals surface area contributed by atoms with Crippen LogP contribution < -0.4 is 4.74 Å². The highest BCUT2D eigenvalue weighted by Gasteiger charge is 2.10. The van der Waals surface area contributed by atoms with Gasteiger partial charge in [-0.05, 0) is 18.2 Å². The molecule has 1 aromatic rings. The number of benzene rings is 1. The minimum atomic E-state index is -1.10. The van der Waals surface area contributed by atoms with E-state index in [4.69, 9.17) is 56.2 Å². The topological polar surface area (TPSA) is 46.5 Å². The van der Waals surface area contributed by atoms with Crippen molar-refractivity contribution in [2.24, 2.45) is 0 Å². The van der Waals surface area contributed by atoms with E-state index < -0.39 is 5.97 Å². The number of carboxylic acids is 1. The zero-order valence-electron chi connectivity index (χ0n) is 9.37. The highest BCUT2D eigenvalue weighted by molar-refractivity contribution is 6.37. The number of hydrogen-bond acceptors (Lipinski definition) is 2. The van der Waals surface area contributed by atoms with E-state index in [1.54, 1.807) is 0 Å². The number of halogens is 4. The number of ether oxygens (including phenoxy) is 1. The highest BCUT2D eigenvalue weighted by atomic mass is 35.5. The van der Waals surface area contributed by atoms with Crippen LogP contribution in [-0.4, -0.2) is 17.7 Å². The summed E-state index contributed by atoms with van der Waals surface area (Å²) in [7, 11) is 0. The van der Waals surface area contributed by atoms with Crippen LogP contribution in [0.25, 0.3) is 6.08 Å². The molecule has 19 heavy (non-hydrogen) atoms. The minimum Gasteiger partial charge on any atom is -0.486 e. The van der Waals surface area contributed by atoms with Crippen molar-refractivity contribution < 1.29 is 14.6 Å². The molecule has 7 heteroatoms. The normalized spacial score (nSPS) is 11.9. The van der Waals surface area contributed by atoms with Gasteiger partial charge in [0.2, 0.25) is 0 Å². The quantitative estimate of drug-likeness (QED) is 0.783. The molecule has 0 saturated heterocycles. The van der Waals surface area contributed by atoms with E-state index in [2.05, 4.69) is 0 Å². The molecule has 0 amide bonds. The van der Waals surface area contributed by atoms with Gasteiger partial charge in [-0.2, -0.15) is 0 Å². The van der Waals surface area contributed by atoms with E-state index >= 15 is 0 Å². The van der Waals surface area contributed by atoms with Crippen LogP contribution >= 0.6 is 46.4 Å². The second-order valence-electron chi connectivity index (χ2n) is 3.32. The average Bonchev–Trinajstić information content (AvgIpc) is 2.34. The van der Waals surface area contributed by atoms with Gasteiger partial charge in [0.25, 0.3) is 0 Å². The van der Waals surface area contributed by atoms with Crippen LogP contribution in [0.5, 0.6) is 5.75 Å². The molecule has 0 saturated carbocycles. The number of rotatable bonds is 5. The van der Waals surface area contributed by atoms with Crippen molar-refractivity contribution in [2.75, 3.05) is 6.61 Å². The molecule has 0 fully saturated rings. The zero-order chi connectivity index (χ0) is 14.4. The Morgan fingerprint density at radius 2 is 2.05 bits per heavy atom. The third kappa shape index (κ3) is 5.33. The van der Waals surface area contributed by atoms with E-state index in [9.17, 15) is 4.79 Å². The van der Waals surface area contributed by atoms with Gasteiger partial charge < -0.3 is 9.84 Å². The summed E-state index contributed by atoms with van der Waals surface area (Å²) in [6.45, 7) is 0.0142. The van der Waals surface area contributed by atoms with Gasteiger partial charge >= 0.3 is 5.97 Å². The van der Waals surface area contributed by atoms with E-state index in [-0.39, 0.29) is 22.4 Å². The third-order valence-electron chi connectivity index (χ3n) is 1.92. The average molecular weight is 342 g/mol. The summed E-state index contributed by atoms with van der Waals surface area (Å²) in [5.41, 5.74) is 1.59. The largest absolute Gasteiger partial charge is 0.486 e. The van der Waals surface area contributed by atoms with Crippen LogP contribution in [0.1, 0.15) is 5.56 Å². The van der Waals surface area contributed by atoms with Crippen molar-refractivity contribution >= 4 is 58.4 Å². The van der Waals surface area contributed by atoms with Gasteiger partial charge in [0.15, 0.2) is 0 Å². The summed E-state index contributed by atoms with van der Waals surface area (Å²) in [5, 5.41) is 9.51. The molecule has 1 aromatic carbocycles. The van der Waals surface area contributed by atoms with Gasteiger partial charge in [0.05, 0.1) is 10.1 Å². The van der Waals surface area contributed by atoms with Crippen LogP contribution in [0.15, 0.2) is 28.8 Å². The fraction of sp³-hybridized carbons (Fsp3) is 0.0833. The monoisotopic (exact) mass is 340 g/mol. The fourth-order valence-corrected chi connectivity index (χ4v) is 1.87. The Labute approximate surface area is 130 Å². The van der Waals surface area contributed by atoms with Gasteiger partial charge in [-0.3, -0.25) is 0 Å². The Balaban J connectivity index is 3.09. The lowest BCUT2D eigenvalue weighted by Crippen LogP contribution is -1.99. The molecule has 1 N–H and O–H groups in total. The molecular formula is C12H8Cl4O3. The summed E-state index contributed by atoms with van der Waals surface area (Å²) >= 11 is 22.9. The van der Waals surface area contributed by atoms with Crippen LogP contribution in [0, 0.1) is 0 Å². The van der Waals surface area contributed by atoms with Crippen LogP contribution in [0.4, 0.5) is 0 Å². The second-order valence-corrected chi connectivity index (χ2v) is 4.87. The van der Waals surface area contributed by atoms with E-state index in [0.29, 0.717) is 10.6 Å². The maximum Gasteiger partial charge on any atom is 0.328 e. The van der Waals surface area contributed by atoms with Crippen molar-refractivity contribution in [1.29, 1.82) is 0 Å². The number of aliphatic carboxylic acids is 1. The Kier molecular flexibility index (Phi) is 6.52. The van der Waals surface area contributed by atoms with Gasteiger partial charge in [0.1, 0.15) is 12.4 Å². The van der Waals surface area contributed by atoms with Crippen molar-refractivity contribution in [1.82, 2.24) is 0 Å². The Morgan fingerprint density at radius 1 is 1.37 bits per heavy atom. The first-order valence-electron chi connectivity index (χ1n) is 4.91. The molecule has 1 rings (SSSR count). The van der Waals surface area contributed by atoms with Crippen LogP contribution in [0.2, 0.25) is 10.0 Å². The third-order valence-corrected chi connectivity index (χ3v) is 3.01. The van der Waals surface area contributed by atoms with Crippen molar-refractivity contribution in [3.05, 3.63) is 44.4 Å². The molecule has 0 heterocycles. The molecule has 3 nitrogen and oxygen atoms in total. The highest BCUT2D eigenvalue weighted by Crippen LogP contribution is 2.33. The standard InChI is InChI=1S/C12H8Cl4O3/c13-5-9(15)6-19-12-7(1-2-11(17)18)3-8(14)4-10(12)16/h1-5H,6H2,(H,17,18). The maximum atomic E-state index is 10.5. The molecule has 102 valence electrons. The molecule has 0 aliphatic carbocycles. The molecule has 0 aliphatic rings. The van der Waals surface area contributed by atoms with E-state index in [1.807, 2.05) is 0 Å². The van der Waals surface area contributed by atoms with Crippen LogP contribution in [0.3, 0.4) is 0 Å². The molecule has 0 radical (unpaired) electrons. The maximum absolute atomic E-state index is 10.5. The Hall–Kier alpha value is -0.870. The Morgan fingerprint density at radius 3 is 2.63 bits per heavy atom. The van der Waals surface area contributed by atoms with Gasteiger partial charge in [-0.25, -0.2) is 4.79 Å². The van der Waals surface area contributed by atoms with E-state index in [0.717, 1.165) is 11.6 Å². The number of carbonyl (C=O) groups is 1. The molecule has 0 atom stereocenters. The van der Waals surface area contributed by atoms with Crippen molar-refractivity contribution in [3.8, 4) is 5.75 Å². The van der Waals surface area contributed by atoms with Crippen molar-refractivity contribution in [3.63, 3.8) is 0 Å². The fourth-order valence-electron chi connectivity index (χ4n) is 1.19. The molecule has 0 unspecified atom stereocenters.